The highest BCUT2D eigenvalue weighted by Crippen LogP contribution is 2.23. The summed E-state index contributed by atoms with van der Waals surface area (Å²) in [6.07, 6.45) is 4.86. The van der Waals surface area contributed by atoms with Crippen molar-refractivity contribution in [1.29, 1.82) is 0 Å². The minimum atomic E-state index is -1.11. The SMILES string of the molecule is Cc1ccc(-c2nc(CCCCCCOC(C)(C)C(=O)O)c(C)o2)cc1. The van der Waals surface area contributed by atoms with E-state index in [9.17, 15) is 4.79 Å². The van der Waals surface area contributed by atoms with E-state index in [1.54, 1.807) is 13.8 Å². The summed E-state index contributed by atoms with van der Waals surface area (Å²) in [6, 6.07) is 8.18. The molecule has 0 radical (unpaired) electrons. The normalized spacial score (nSPS) is 11.7. The van der Waals surface area contributed by atoms with Crippen LogP contribution in [0.2, 0.25) is 0 Å². The molecule has 26 heavy (non-hydrogen) atoms. The Hall–Kier alpha value is -2.14. The van der Waals surface area contributed by atoms with E-state index in [-0.39, 0.29) is 0 Å². The standard InChI is InChI=1S/C21H29NO4/c1-15-10-12-17(13-11-15)19-22-18(16(2)26-19)9-7-5-6-8-14-25-21(3,4)20(23)24/h10-13H,5-9,14H2,1-4H3,(H,23,24). The summed E-state index contributed by atoms with van der Waals surface area (Å²) >= 11 is 0. The van der Waals surface area contributed by atoms with Gasteiger partial charge in [0.25, 0.3) is 0 Å². The Bertz CT molecular complexity index is 716. The number of oxazole rings is 1. The molecule has 0 unspecified atom stereocenters. The van der Waals surface area contributed by atoms with E-state index in [4.69, 9.17) is 14.3 Å². The lowest BCUT2D eigenvalue weighted by Crippen LogP contribution is -2.35. The van der Waals surface area contributed by atoms with Gasteiger partial charge >= 0.3 is 5.97 Å². The number of benzene rings is 1. The lowest BCUT2D eigenvalue weighted by Gasteiger charge is -2.19. The highest BCUT2D eigenvalue weighted by Gasteiger charge is 2.27. The Labute approximate surface area is 155 Å². The van der Waals surface area contributed by atoms with Gasteiger partial charge in [0, 0.05) is 12.2 Å². The van der Waals surface area contributed by atoms with Crippen molar-refractivity contribution < 1.29 is 19.1 Å². The average molecular weight is 359 g/mol. The van der Waals surface area contributed by atoms with E-state index in [0.717, 1.165) is 49.1 Å². The largest absolute Gasteiger partial charge is 0.479 e. The Morgan fingerprint density at radius 2 is 1.77 bits per heavy atom. The molecule has 142 valence electrons. The summed E-state index contributed by atoms with van der Waals surface area (Å²) in [6.45, 7) is 7.65. The van der Waals surface area contributed by atoms with Gasteiger partial charge in [-0.2, -0.15) is 0 Å². The number of aryl methyl sites for hydroxylation is 3. The van der Waals surface area contributed by atoms with Crippen LogP contribution in [0, 0.1) is 13.8 Å². The number of aliphatic carboxylic acids is 1. The number of carboxylic acids is 1. The number of carbonyl (C=O) groups is 1. The van der Waals surface area contributed by atoms with Gasteiger partial charge in [-0.25, -0.2) is 9.78 Å². The van der Waals surface area contributed by atoms with Gasteiger partial charge in [0.05, 0.1) is 5.69 Å². The van der Waals surface area contributed by atoms with Crippen LogP contribution in [-0.4, -0.2) is 28.3 Å². The Kier molecular flexibility index (Phi) is 6.98. The molecule has 0 aliphatic carbocycles. The van der Waals surface area contributed by atoms with Crippen LogP contribution < -0.4 is 0 Å². The number of unbranched alkanes of at least 4 members (excludes halogenated alkanes) is 3. The molecule has 0 aliphatic heterocycles. The molecular weight excluding hydrogens is 330 g/mol. The van der Waals surface area contributed by atoms with Crippen molar-refractivity contribution in [2.75, 3.05) is 6.61 Å². The fourth-order valence-electron chi connectivity index (χ4n) is 2.62. The zero-order valence-electron chi connectivity index (χ0n) is 16.2. The molecule has 1 N–H and O–H groups in total. The fraction of sp³-hybridized carbons (Fsp3) is 0.524. The van der Waals surface area contributed by atoms with Gasteiger partial charge in [0.1, 0.15) is 5.76 Å². The molecule has 1 aromatic carbocycles. The van der Waals surface area contributed by atoms with Crippen LogP contribution in [0.4, 0.5) is 0 Å². The Morgan fingerprint density at radius 1 is 1.12 bits per heavy atom. The Morgan fingerprint density at radius 3 is 2.42 bits per heavy atom. The third kappa shape index (κ3) is 5.70. The summed E-state index contributed by atoms with van der Waals surface area (Å²) < 4.78 is 11.2. The van der Waals surface area contributed by atoms with Crippen molar-refractivity contribution in [2.45, 2.75) is 65.4 Å². The smallest absolute Gasteiger partial charge is 0.335 e. The lowest BCUT2D eigenvalue weighted by atomic mass is 10.1. The molecule has 5 heteroatoms. The van der Waals surface area contributed by atoms with Crippen molar-refractivity contribution in [2.24, 2.45) is 0 Å². The molecule has 0 aliphatic rings. The zero-order chi connectivity index (χ0) is 19.2. The second kappa shape index (κ2) is 8.99. The topological polar surface area (TPSA) is 72.6 Å². The predicted octanol–water partition coefficient (Wildman–Crippen LogP) is 4.94. The minimum absolute atomic E-state index is 0.472. The molecule has 1 heterocycles. The second-order valence-electron chi connectivity index (χ2n) is 7.22. The molecule has 0 fully saturated rings. The maximum atomic E-state index is 11.0. The summed E-state index contributed by atoms with van der Waals surface area (Å²) in [5, 5.41) is 8.99. The summed E-state index contributed by atoms with van der Waals surface area (Å²) in [4.78, 5) is 15.6. The molecule has 0 saturated carbocycles. The first-order valence-corrected chi connectivity index (χ1v) is 9.20. The summed E-state index contributed by atoms with van der Waals surface area (Å²) in [7, 11) is 0. The molecule has 0 amide bonds. The molecule has 5 nitrogen and oxygen atoms in total. The van der Waals surface area contributed by atoms with Gasteiger partial charge in [-0.15, -0.1) is 0 Å². The van der Waals surface area contributed by atoms with Crippen LogP contribution in [0.1, 0.15) is 56.5 Å². The number of carboxylic acid groups (broad SMARTS) is 1. The quantitative estimate of drug-likeness (QED) is 0.608. The van der Waals surface area contributed by atoms with E-state index >= 15 is 0 Å². The van der Waals surface area contributed by atoms with E-state index in [1.807, 2.05) is 19.1 Å². The van der Waals surface area contributed by atoms with E-state index in [2.05, 4.69) is 24.0 Å². The van der Waals surface area contributed by atoms with Gasteiger partial charge in [0.2, 0.25) is 5.89 Å². The third-order valence-electron chi connectivity index (χ3n) is 4.48. The van der Waals surface area contributed by atoms with Gasteiger partial charge in [0.15, 0.2) is 5.60 Å². The number of rotatable bonds is 10. The van der Waals surface area contributed by atoms with Gasteiger partial charge in [-0.1, -0.05) is 30.5 Å². The number of hydrogen-bond acceptors (Lipinski definition) is 4. The molecule has 2 rings (SSSR count). The molecule has 0 bridgehead atoms. The predicted molar refractivity (Wildman–Crippen MR) is 101 cm³/mol. The fourth-order valence-corrected chi connectivity index (χ4v) is 2.62. The highest BCUT2D eigenvalue weighted by atomic mass is 16.5. The summed E-state index contributed by atoms with van der Waals surface area (Å²) in [5.41, 5.74) is 2.13. The van der Waals surface area contributed by atoms with E-state index < -0.39 is 11.6 Å². The van der Waals surface area contributed by atoms with Crippen molar-refractivity contribution in [3.05, 3.63) is 41.3 Å². The monoisotopic (exact) mass is 359 g/mol. The van der Waals surface area contributed by atoms with Crippen molar-refractivity contribution in [3.63, 3.8) is 0 Å². The second-order valence-corrected chi connectivity index (χ2v) is 7.22. The van der Waals surface area contributed by atoms with Crippen LogP contribution in [0.3, 0.4) is 0 Å². The first kappa shape index (κ1) is 20.2. The van der Waals surface area contributed by atoms with Crippen molar-refractivity contribution >= 4 is 5.97 Å². The Balaban J connectivity index is 1.72. The van der Waals surface area contributed by atoms with Gasteiger partial charge < -0.3 is 14.3 Å². The van der Waals surface area contributed by atoms with Crippen LogP contribution >= 0.6 is 0 Å². The average Bonchev–Trinajstić information content (AvgIpc) is 2.95. The highest BCUT2D eigenvalue weighted by molar-refractivity contribution is 5.76. The van der Waals surface area contributed by atoms with E-state index in [1.165, 1.54) is 5.56 Å². The zero-order valence-corrected chi connectivity index (χ0v) is 16.2. The first-order chi connectivity index (χ1) is 12.3. The molecule has 1 aromatic heterocycles. The lowest BCUT2D eigenvalue weighted by molar-refractivity contribution is -0.161. The molecule has 2 aromatic rings. The number of nitrogens with zero attached hydrogens (tertiary/aromatic N) is 1. The first-order valence-electron chi connectivity index (χ1n) is 9.20. The minimum Gasteiger partial charge on any atom is -0.479 e. The van der Waals surface area contributed by atoms with Crippen LogP contribution in [0.15, 0.2) is 28.7 Å². The third-order valence-corrected chi connectivity index (χ3v) is 4.48. The number of aromatic nitrogens is 1. The van der Waals surface area contributed by atoms with Gasteiger partial charge in [-0.05, 0) is 59.1 Å². The van der Waals surface area contributed by atoms with Crippen molar-refractivity contribution in [1.82, 2.24) is 4.98 Å². The van der Waals surface area contributed by atoms with Crippen LogP contribution in [0.25, 0.3) is 11.5 Å². The number of ether oxygens (including phenoxy) is 1. The van der Waals surface area contributed by atoms with Crippen LogP contribution in [-0.2, 0) is 16.0 Å². The molecule has 0 saturated heterocycles. The van der Waals surface area contributed by atoms with Crippen LogP contribution in [0.5, 0.6) is 0 Å². The maximum Gasteiger partial charge on any atom is 0.335 e. The molecule has 0 atom stereocenters. The molecule has 0 spiro atoms. The summed E-state index contributed by atoms with van der Waals surface area (Å²) in [5.74, 6) is 0.636. The number of hydrogen-bond donors (Lipinski definition) is 1. The maximum absolute atomic E-state index is 11.0. The van der Waals surface area contributed by atoms with Gasteiger partial charge in [-0.3, -0.25) is 0 Å². The molecular formula is C21H29NO4. The van der Waals surface area contributed by atoms with E-state index in [0.29, 0.717) is 12.5 Å². The van der Waals surface area contributed by atoms with Crippen molar-refractivity contribution in [3.8, 4) is 11.5 Å².